The molecular formula is C5H7NO. The smallest absolute Gasteiger partial charge is 0.143 e. The third kappa shape index (κ3) is 0.363. The fraction of sp³-hybridized carbons (Fsp3) is 0.800. The molecule has 0 aromatic rings. The highest BCUT2D eigenvalue weighted by Gasteiger charge is 2.47. The lowest BCUT2D eigenvalue weighted by molar-refractivity contribution is 0.0651. The Bertz CT molecular complexity index is 105. The number of rotatable bonds is 0. The molecule has 0 bridgehead atoms. The summed E-state index contributed by atoms with van der Waals surface area (Å²) in [5, 5.41) is 3.67. The first-order valence-corrected chi connectivity index (χ1v) is 2.61. The summed E-state index contributed by atoms with van der Waals surface area (Å²) in [6.07, 6.45) is 5.33. The predicted octanol–water partition coefficient (Wildman–Crippen LogP) is 0.925. The van der Waals surface area contributed by atoms with E-state index in [9.17, 15) is 0 Å². The summed E-state index contributed by atoms with van der Waals surface area (Å²) in [6.45, 7) is 0. The first kappa shape index (κ1) is 3.47. The Morgan fingerprint density at radius 1 is 1.57 bits per heavy atom. The average molecular weight is 97.1 g/mol. The SMILES string of the molecule is C1=NOC2(C1)CC2. The van der Waals surface area contributed by atoms with E-state index in [1.807, 2.05) is 6.21 Å². The second-order valence-electron chi connectivity index (χ2n) is 2.27. The Kier molecular flexibility index (Phi) is 0.412. The molecule has 7 heavy (non-hydrogen) atoms. The van der Waals surface area contributed by atoms with Gasteiger partial charge in [-0.15, -0.1) is 0 Å². The van der Waals surface area contributed by atoms with Gasteiger partial charge in [-0.3, -0.25) is 0 Å². The van der Waals surface area contributed by atoms with Crippen molar-refractivity contribution in [1.29, 1.82) is 0 Å². The van der Waals surface area contributed by atoms with Crippen molar-refractivity contribution in [2.45, 2.75) is 24.9 Å². The molecule has 0 amide bonds. The van der Waals surface area contributed by atoms with Crippen LogP contribution in [-0.2, 0) is 4.84 Å². The maximum atomic E-state index is 5.02. The molecule has 0 unspecified atom stereocenters. The summed E-state index contributed by atoms with van der Waals surface area (Å²) in [7, 11) is 0. The molecule has 2 rings (SSSR count). The van der Waals surface area contributed by atoms with E-state index in [1.165, 1.54) is 12.8 Å². The molecule has 38 valence electrons. The van der Waals surface area contributed by atoms with Gasteiger partial charge >= 0.3 is 0 Å². The zero-order valence-corrected chi connectivity index (χ0v) is 4.05. The van der Waals surface area contributed by atoms with Crippen LogP contribution in [0.1, 0.15) is 19.3 Å². The molecule has 1 saturated carbocycles. The predicted molar refractivity (Wildman–Crippen MR) is 26.2 cm³/mol. The van der Waals surface area contributed by atoms with Crippen LogP contribution in [0.5, 0.6) is 0 Å². The fourth-order valence-electron chi connectivity index (χ4n) is 0.825. The van der Waals surface area contributed by atoms with Crippen LogP contribution in [0.15, 0.2) is 5.16 Å². The van der Waals surface area contributed by atoms with Gasteiger partial charge in [0.25, 0.3) is 0 Å². The van der Waals surface area contributed by atoms with E-state index < -0.39 is 0 Å². The Labute approximate surface area is 42.2 Å². The van der Waals surface area contributed by atoms with Crippen LogP contribution < -0.4 is 0 Å². The molecule has 0 saturated heterocycles. The van der Waals surface area contributed by atoms with Gasteiger partial charge in [-0.05, 0) is 12.8 Å². The van der Waals surface area contributed by atoms with E-state index in [0.29, 0.717) is 0 Å². The topological polar surface area (TPSA) is 21.6 Å². The first-order valence-electron chi connectivity index (χ1n) is 2.61. The zero-order chi connectivity index (χ0) is 4.74. The molecule has 1 spiro atoms. The van der Waals surface area contributed by atoms with Crippen LogP contribution in [0.25, 0.3) is 0 Å². The van der Waals surface area contributed by atoms with Crippen molar-refractivity contribution in [3.8, 4) is 0 Å². The van der Waals surface area contributed by atoms with Gasteiger partial charge in [0.15, 0.2) is 0 Å². The summed E-state index contributed by atoms with van der Waals surface area (Å²) >= 11 is 0. The van der Waals surface area contributed by atoms with E-state index in [4.69, 9.17) is 4.84 Å². The average Bonchev–Trinajstić information content (AvgIpc) is 2.15. The van der Waals surface area contributed by atoms with Gasteiger partial charge in [-0.1, -0.05) is 5.16 Å². The number of hydrogen-bond acceptors (Lipinski definition) is 2. The zero-order valence-electron chi connectivity index (χ0n) is 4.05. The lowest BCUT2D eigenvalue weighted by atomic mass is 10.3. The van der Waals surface area contributed by atoms with Gasteiger partial charge in [0.05, 0.1) is 0 Å². The minimum absolute atomic E-state index is 0.222. The Balaban J connectivity index is 2.14. The van der Waals surface area contributed by atoms with Crippen LogP contribution in [0.4, 0.5) is 0 Å². The summed E-state index contributed by atoms with van der Waals surface area (Å²) < 4.78 is 0. The minimum atomic E-state index is 0.222. The van der Waals surface area contributed by atoms with Gasteiger partial charge in [0.2, 0.25) is 0 Å². The summed E-state index contributed by atoms with van der Waals surface area (Å²) in [6, 6.07) is 0. The molecule has 2 nitrogen and oxygen atoms in total. The van der Waals surface area contributed by atoms with E-state index in [1.54, 1.807) is 0 Å². The molecule has 0 aromatic heterocycles. The minimum Gasteiger partial charge on any atom is -0.389 e. The number of nitrogens with zero attached hydrogens (tertiary/aromatic N) is 1. The van der Waals surface area contributed by atoms with Gasteiger partial charge < -0.3 is 4.84 Å². The summed E-state index contributed by atoms with van der Waals surface area (Å²) in [4.78, 5) is 5.02. The molecule has 0 atom stereocenters. The molecule has 1 aliphatic carbocycles. The van der Waals surface area contributed by atoms with Crippen molar-refractivity contribution in [3.63, 3.8) is 0 Å². The molecule has 0 N–H and O–H groups in total. The molecule has 1 fully saturated rings. The largest absolute Gasteiger partial charge is 0.389 e. The molecule has 2 aliphatic rings. The molecule has 0 aromatic carbocycles. The summed E-state index contributed by atoms with van der Waals surface area (Å²) in [5.74, 6) is 0. The third-order valence-electron chi connectivity index (χ3n) is 1.59. The lowest BCUT2D eigenvalue weighted by Crippen LogP contribution is -2.02. The second-order valence-corrected chi connectivity index (χ2v) is 2.27. The fourth-order valence-corrected chi connectivity index (χ4v) is 0.825. The highest BCUT2D eigenvalue weighted by atomic mass is 16.7. The van der Waals surface area contributed by atoms with Crippen molar-refractivity contribution in [1.82, 2.24) is 0 Å². The van der Waals surface area contributed by atoms with Gasteiger partial charge in [0, 0.05) is 12.6 Å². The van der Waals surface area contributed by atoms with Crippen molar-refractivity contribution < 1.29 is 4.84 Å². The number of oxime groups is 1. The second kappa shape index (κ2) is 0.831. The highest BCUT2D eigenvalue weighted by Crippen LogP contribution is 2.44. The molecule has 0 radical (unpaired) electrons. The maximum Gasteiger partial charge on any atom is 0.143 e. The van der Waals surface area contributed by atoms with E-state index in [2.05, 4.69) is 5.16 Å². The molecular weight excluding hydrogens is 90.1 g/mol. The first-order chi connectivity index (χ1) is 3.41. The van der Waals surface area contributed by atoms with Gasteiger partial charge in [-0.2, -0.15) is 0 Å². The maximum absolute atomic E-state index is 5.02. The van der Waals surface area contributed by atoms with Crippen LogP contribution in [0, 0.1) is 0 Å². The quantitative estimate of drug-likeness (QED) is 0.440. The standard InChI is InChI=1S/C5H7NO/c1-2-5(1)3-4-6-7-5/h4H,1-3H2. The Morgan fingerprint density at radius 2 is 2.43 bits per heavy atom. The van der Waals surface area contributed by atoms with E-state index in [-0.39, 0.29) is 5.60 Å². The molecule has 1 heterocycles. The van der Waals surface area contributed by atoms with Crippen LogP contribution in [0.2, 0.25) is 0 Å². The number of hydrogen-bond donors (Lipinski definition) is 0. The molecule has 2 heteroatoms. The van der Waals surface area contributed by atoms with Crippen molar-refractivity contribution in [2.24, 2.45) is 5.16 Å². The van der Waals surface area contributed by atoms with Gasteiger partial charge in [-0.25, -0.2) is 0 Å². The van der Waals surface area contributed by atoms with Gasteiger partial charge in [0.1, 0.15) is 5.60 Å². The summed E-state index contributed by atoms with van der Waals surface area (Å²) in [5.41, 5.74) is 0.222. The van der Waals surface area contributed by atoms with Crippen LogP contribution >= 0.6 is 0 Å². The van der Waals surface area contributed by atoms with Crippen LogP contribution in [-0.4, -0.2) is 11.8 Å². The third-order valence-corrected chi connectivity index (χ3v) is 1.59. The van der Waals surface area contributed by atoms with E-state index >= 15 is 0 Å². The van der Waals surface area contributed by atoms with Crippen LogP contribution in [0.3, 0.4) is 0 Å². The molecule has 1 aliphatic heterocycles. The van der Waals surface area contributed by atoms with Crippen molar-refractivity contribution in [3.05, 3.63) is 0 Å². The Morgan fingerprint density at radius 3 is 2.71 bits per heavy atom. The Hall–Kier alpha value is -0.530. The monoisotopic (exact) mass is 97.1 g/mol. The van der Waals surface area contributed by atoms with Crippen molar-refractivity contribution in [2.75, 3.05) is 0 Å². The lowest BCUT2D eigenvalue weighted by Gasteiger charge is -1.98. The normalized spacial score (nSPS) is 30.9. The highest BCUT2D eigenvalue weighted by molar-refractivity contribution is 5.60. The van der Waals surface area contributed by atoms with Crippen molar-refractivity contribution >= 4 is 6.21 Å². The van der Waals surface area contributed by atoms with E-state index in [0.717, 1.165) is 6.42 Å².